The van der Waals surface area contributed by atoms with E-state index in [-0.39, 0.29) is 18.6 Å². The number of para-hydroxylation sites is 1. The van der Waals surface area contributed by atoms with Crippen LogP contribution in [-0.2, 0) is 11.2 Å². The van der Waals surface area contributed by atoms with Gasteiger partial charge in [-0.25, -0.2) is 15.0 Å². The fourth-order valence-electron chi connectivity index (χ4n) is 4.02. The molecule has 1 amide bonds. The van der Waals surface area contributed by atoms with E-state index in [4.69, 9.17) is 20.8 Å². The Morgan fingerprint density at radius 2 is 1.97 bits per heavy atom. The van der Waals surface area contributed by atoms with E-state index in [0.29, 0.717) is 29.8 Å². The van der Waals surface area contributed by atoms with E-state index in [1.165, 1.54) is 6.33 Å². The van der Waals surface area contributed by atoms with Gasteiger partial charge >= 0.3 is 0 Å². The molecule has 0 unspecified atom stereocenters. The van der Waals surface area contributed by atoms with Crippen molar-refractivity contribution in [2.75, 3.05) is 13.2 Å². The Labute approximate surface area is 190 Å². The molecule has 1 fully saturated rings. The number of amides is 1. The van der Waals surface area contributed by atoms with Gasteiger partial charge in [0.05, 0.1) is 17.1 Å². The van der Waals surface area contributed by atoms with Crippen molar-refractivity contribution in [1.29, 1.82) is 0 Å². The number of carbonyl (C=O) groups is 1. The smallest absolute Gasteiger partial charge is 0.261 e. The summed E-state index contributed by atoms with van der Waals surface area (Å²) in [5.74, 6) is 1.54. The molecule has 5 rings (SSSR count). The van der Waals surface area contributed by atoms with Crippen molar-refractivity contribution in [3.8, 4) is 5.88 Å². The Bertz CT molecular complexity index is 1250. The maximum Gasteiger partial charge on any atom is 0.261 e. The number of nitrogens with zero attached hydrogens (tertiary/aromatic N) is 4. The van der Waals surface area contributed by atoms with Crippen LogP contribution in [0.15, 0.2) is 65.5 Å². The van der Waals surface area contributed by atoms with Crippen molar-refractivity contribution in [3.63, 3.8) is 0 Å². The van der Waals surface area contributed by atoms with Crippen LogP contribution >= 0.6 is 11.6 Å². The lowest BCUT2D eigenvalue weighted by molar-refractivity contribution is -0.134. The molecule has 4 aromatic rings. The lowest BCUT2D eigenvalue weighted by Crippen LogP contribution is -2.34. The maximum atomic E-state index is 13.0. The highest BCUT2D eigenvalue weighted by Gasteiger charge is 2.33. The molecule has 32 heavy (non-hydrogen) atoms. The number of ether oxygens (including phenoxy) is 1. The van der Waals surface area contributed by atoms with Crippen LogP contribution in [0, 0.1) is 0 Å². The molecular weight excluding hydrogens is 428 g/mol. The van der Waals surface area contributed by atoms with Crippen LogP contribution in [0.5, 0.6) is 5.88 Å². The number of fused-ring (bicyclic) bond motifs is 1. The molecule has 1 saturated heterocycles. The minimum atomic E-state index is -0.201. The number of benzene rings is 2. The summed E-state index contributed by atoms with van der Waals surface area (Å²) in [6, 6.07) is 15.0. The zero-order valence-corrected chi connectivity index (χ0v) is 18.0. The summed E-state index contributed by atoms with van der Waals surface area (Å²) in [6.45, 7) is 0.532. The third kappa shape index (κ3) is 4.16. The summed E-state index contributed by atoms with van der Waals surface area (Å²) in [4.78, 5) is 27.6. The van der Waals surface area contributed by atoms with Crippen molar-refractivity contribution < 1.29 is 13.9 Å². The van der Waals surface area contributed by atoms with E-state index in [0.717, 1.165) is 35.1 Å². The van der Waals surface area contributed by atoms with E-state index in [9.17, 15) is 4.79 Å². The van der Waals surface area contributed by atoms with Crippen LogP contribution < -0.4 is 4.74 Å². The van der Waals surface area contributed by atoms with Crippen LogP contribution in [0.3, 0.4) is 0 Å². The van der Waals surface area contributed by atoms with Crippen molar-refractivity contribution in [3.05, 3.63) is 83.3 Å². The minimum absolute atomic E-state index is 0.106. The van der Waals surface area contributed by atoms with E-state index < -0.39 is 0 Å². The Kier molecular flexibility index (Phi) is 5.73. The van der Waals surface area contributed by atoms with E-state index in [1.807, 2.05) is 48.5 Å². The molecule has 162 valence electrons. The fourth-order valence-corrected chi connectivity index (χ4v) is 4.22. The zero-order chi connectivity index (χ0) is 21.9. The molecule has 0 N–H and O–H groups in total. The predicted molar refractivity (Wildman–Crippen MR) is 119 cm³/mol. The van der Waals surface area contributed by atoms with Gasteiger partial charge in [-0.1, -0.05) is 41.9 Å². The fraction of sp³-hybridized carbons (Fsp3) is 0.250. The molecule has 2 aromatic heterocycles. The van der Waals surface area contributed by atoms with Crippen LogP contribution in [0.4, 0.5) is 0 Å². The Balaban J connectivity index is 1.27. The first kappa shape index (κ1) is 20.5. The van der Waals surface area contributed by atoms with Crippen LogP contribution in [-0.4, -0.2) is 38.9 Å². The molecule has 0 saturated carbocycles. The summed E-state index contributed by atoms with van der Waals surface area (Å²) in [7, 11) is 0. The zero-order valence-electron chi connectivity index (χ0n) is 17.3. The summed E-state index contributed by atoms with van der Waals surface area (Å²) in [6.07, 6.45) is 5.39. The third-order valence-electron chi connectivity index (χ3n) is 5.59. The van der Waals surface area contributed by atoms with Gasteiger partial charge in [0, 0.05) is 18.0 Å². The number of halogens is 1. The number of rotatable bonds is 6. The molecule has 0 bridgehead atoms. The lowest BCUT2D eigenvalue weighted by Gasteiger charge is -2.22. The summed E-state index contributed by atoms with van der Waals surface area (Å²) in [5, 5.41) is 1.47. The average Bonchev–Trinajstić information content (AvgIpc) is 3.48. The normalized spacial score (nSPS) is 15.9. The van der Waals surface area contributed by atoms with Gasteiger partial charge < -0.3 is 14.1 Å². The highest BCUT2D eigenvalue weighted by Crippen LogP contribution is 2.32. The molecule has 8 heteroatoms. The molecule has 2 aromatic carbocycles. The van der Waals surface area contributed by atoms with Gasteiger partial charge in [-0.05, 0) is 36.6 Å². The quantitative estimate of drug-likeness (QED) is 0.428. The number of carbonyl (C=O) groups excluding carboxylic acids is 1. The third-order valence-corrected chi connectivity index (χ3v) is 5.96. The largest absolute Gasteiger partial charge is 0.467 e. The molecule has 1 atom stereocenters. The maximum absolute atomic E-state index is 13.0. The van der Waals surface area contributed by atoms with Crippen molar-refractivity contribution in [1.82, 2.24) is 19.9 Å². The number of hydrogen-bond acceptors (Lipinski definition) is 6. The molecule has 0 spiro atoms. The topological polar surface area (TPSA) is 81.4 Å². The summed E-state index contributed by atoms with van der Waals surface area (Å²) < 4.78 is 11.8. The highest BCUT2D eigenvalue weighted by atomic mass is 35.5. The van der Waals surface area contributed by atoms with Gasteiger partial charge in [0.1, 0.15) is 18.1 Å². The molecule has 7 nitrogen and oxygen atoms in total. The Morgan fingerprint density at radius 1 is 1.12 bits per heavy atom. The van der Waals surface area contributed by atoms with Gasteiger partial charge in [0.25, 0.3) is 5.91 Å². The van der Waals surface area contributed by atoms with Gasteiger partial charge in [-0.15, -0.1) is 0 Å². The van der Waals surface area contributed by atoms with Gasteiger partial charge in [0.15, 0.2) is 6.61 Å². The predicted octanol–water partition coefficient (Wildman–Crippen LogP) is 4.60. The van der Waals surface area contributed by atoms with E-state index in [1.54, 1.807) is 11.1 Å². The molecule has 0 radical (unpaired) electrons. The first-order valence-corrected chi connectivity index (χ1v) is 10.9. The lowest BCUT2D eigenvalue weighted by atomic mass is 10.1. The SMILES string of the molecule is O=C(COc1ncnc2ccccc12)N1CCC[C@H]1c1ncc(Cc2ccccc2Cl)o1. The first-order chi connectivity index (χ1) is 15.7. The van der Waals surface area contributed by atoms with Gasteiger partial charge in [-0.3, -0.25) is 4.79 Å². The van der Waals surface area contributed by atoms with Gasteiger partial charge in [0.2, 0.25) is 11.8 Å². The second-order valence-electron chi connectivity index (χ2n) is 7.66. The second kappa shape index (κ2) is 8.96. The van der Waals surface area contributed by atoms with Crippen LogP contribution in [0.2, 0.25) is 5.02 Å². The Morgan fingerprint density at radius 3 is 2.88 bits per heavy atom. The second-order valence-corrected chi connectivity index (χ2v) is 8.07. The van der Waals surface area contributed by atoms with Gasteiger partial charge in [-0.2, -0.15) is 0 Å². The standard InChI is InChI=1S/C24H21ClN4O3/c25-19-8-3-1-6-16(19)12-17-13-26-24(32-17)21-10-5-11-29(21)22(30)14-31-23-18-7-2-4-9-20(18)27-15-28-23/h1-4,6-9,13,15,21H,5,10-12,14H2/t21-/m0/s1. The van der Waals surface area contributed by atoms with Crippen LogP contribution in [0.1, 0.15) is 36.1 Å². The summed E-state index contributed by atoms with van der Waals surface area (Å²) in [5.41, 5.74) is 1.75. The minimum Gasteiger partial charge on any atom is -0.467 e. The Hall–Kier alpha value is -3.45. The number of hydrogen-bond donors (Lipinski definition) is 0. The monoisotopic (exact) mass is 448 g/mol. The molecule has 1 aliphatic heterocycles. The number of likely N-dealkylation sites (tertiary alicyclic amines) is 1. The van der Waals surface area contributed by atoms with Crippen molar-refractivity contribution in [2.24, 2.45) is 0 Å². The van der Waals surface area contributed by atoms with Crippen LogP contribution in [0.25, 0.3) is 10.9 Å². The van der Waals surface area contributed by atoms with E-state index >= 15 is 0 Å². The summed E-state index contributed by atoms with van der Waals surface area (Å²) >= 11 is 6.26. The first-order valence-electron chi connectivity index (χ1n) is 10.5. The number of aromatic nitrogens is 3. The van der Waals surface area contributed by atoms with E-state index in [2.05, 4.69) is 15.0 Å². The molecule has 1 aliphatic rings. The van der Waals surface area contributed by atoms with Crippen molar-refractivity contribution in [2.45, 2.75) is 25.3 Å². The average molecular weight is 449 g/mol. The number of oxazole rings is 1. The highest BCUT2D eigenvalue weighted by molar-refractivity contribution is 6.31. The molecule has 3 heterocycles. The molecule has 0 aliphatic carbocycles. The molecular formula is C24H21ClN4O3. The van der Waals surface area contributed by atoms with Crippen molar-refractivity contribution >= 4 is 28.4 Å².